The van der Waals surface area contributed by atoms with Crippen LogP contribution < -0.4 is 5.32 Å². The SMILES string of the molecule is Cc1ccc(S(=O)(=O)N2CCCCC2)cc1NC(=O)c1sc(-c2ccsc2)nc1C. The molecule has 1 saturated heterocycles. The maximum Gasteiger partial charge on any atom is 0.267 e. The number of hydrogen-bond donors (Lipinski definition) is 1. The molecule has 4 rings (SSSR count). The largest absolute Gasteiger partial charge is 0.321 e. The van der Waals surface area contributed by atoms with E-state index in [2.05, 4.69) is 10.3 Å². The van der Waals surface area contributed by atoms with Crippen LogP contribution in [-0.4, -0.2) is 36.7 Å². The first kappa shape index (κ1) is 21.2. The van der Waals surface area contributed by atoms with Crippen LogP contribution >= 0.6 is 22.7 Å². The van der Waals surface area contributed by atoms with E-state index in [4.69, 9.17) is 0 Å². The molecule has 0 unspecified atom stereocenters. The maximum atomic E-state index is 13.0. The van der Waals surface area contributed by atoms with Crippen LogP contribution in [-0.2, 0) is 10.0 Å². The minimum Gasteiger partial charge on any atom is -0.321 e. The highest BCUT2D eigenvalue weighted by molar-refractivity contribution is 7.89. The standard InChI is InChI=1S/C21H23N3O3S3/c1-14-6-7-17(30(26,27)24-9-4-3-5-10-24)12-18(14)23-20(25)19-15(2)22-21(29-19)16-8-11-28-13-16/h6-8,11-13H,3-5,9-10H2,1-2H3,(H,23,25). The van der Waals surface area contributed by atoms with E-state index in [1.807, 2.05) is 30.7 Å². The molecule has 0 aliphatic carbocycles. The Balaban J connectivity index is 1.59. The van der Waals surface area contributed by atoms with Gasteiger partial charge in [0.15, 0.2) is 0 Å². The van der Waals surface area contributed by atoms with E-state index in [1.54, 1.807) is 29.5 Å². The van der Waals surface area contributed by atoms with E-state index < -0.39 is 10.0 Å². The van der Waals surface area contributed by atoms with Crippen molar-refractivity contribution in [3.05, 3.63) is 51.2 Å². The normalized spacial score (nSPS) is 15.3. The number of nitrogens with one attached hydrogen (secondary N) is 1. The molecule has 2 aromatic heterocycles. The van der Waals surface area contributed by atoms with Crippen molar-refractivity contribution in [3.8, 4) is 10.6 Å². The molecule has 0 spiro atoms. The van der Waals surface area contributed by atoms with Crippen molar-refractivity contribution >= 4 is 44.3 Å². The van der Waals surface area contributed by atoms with Crippen LogP contribution in [0.25, 0.3) is 10.6 Å². The van der Waals surface area contributed by atoms with Crippen LogP contribution in [0, 0.1) is 13.8 Å². The summed E-state index contributed by atoms with van der Waals surface area (Å²) in [4.78, 5) is 18.2. The fourth-order valence-corrected chi connectivity index (χ4v) is 6.66. The number of sulfonamides is 1. The number of aryl methyl sites for hydroxylation is 2. The fraction of sp³-hybridized carbons (Fsp3) is 0.333. The molecule has 9 heteroatoms. The van der Waals surface area contributed by atoms with Crippen LogP contribution in [0.4, 0.5) is 5.69 Å². The third-order valence-corrected chi connectivity index (χ3v) is 8.96. The van der Waals surface area contributed by atoms with Crippen molar-refractivity contribution in [2.45, 2.75) is 38.0 Å². The van der Waals surface area contributed by atoms with E-state index in [1.165, 1.54) is 15.6 Å². The number of nitrogens with zero attached hydrogens (tertiary/aromatic N) is 2. The number of hydrogen-bond acceptors (Lipinski definition) is 6. The van der Waals surface area contributed by atoms with Crippen molar-refractivity contribution in [1.82, 2.24) is 9.29 Å². The minimum absolute atomic E-state index is 0.213. The number of aromatic nitrogens is 1. The molecule has 1 aliphatic heterocycles. The molecule has 0 atom stereocenters. The van der Waals surface area contributed by atoms with Crippen molar-refractivity contribution in [2.75, 3.05) is 18.4 Å². The molecule has 6 nitrogen and oxygen atoms in total. The van der Waals surface area contributed by atoms with Crippen LogP contribution in [0.15, 0.2) is 39.9 Å². The Bertz CT molecular complexity index is 1160. The van der Waals surface area contributed by atoms with Gasteiger partial charge in [0.25, 0.3) is 5.91 Å². The van der Waals surface area contributed by atoms with Gasteiger partial charge in [0.2, 0.25) is 10.0 Å². The van der Waals surface area contributed by atoms with Gasteiger partial charge in [-0.05, 0) is 55.8 Å². The zero-order valence-corrected chi connectivity index (χ0v) is 19.3. The predicted octanol–water partition coefficient (Wildman–Crippen LogP) is 4.92. The monoisotopic (exact) mass is 461 g/mol. The Labute approximate surface area is 184 Å². The molecule has 0 saturated carbocycles. The lowest BCUT2D eigenvalue weighted by molar-refractivity contribution is 0.102. The summed E-state index contributed by atoms with van der Waals surface area (Å²) in [5, 5.41) is 7.67. The first-order chi connectivity index (χ1) is 14.4. The van der Waals surface area contributed by atoms with E-state index in [9.17, 15) is 13.2 Å². The Morgan fingerprint density at radius 1 is 1.13 bits per heavy atom. The summed E-state index contributed by atoms with van der Waals surface area (Å²) in [5.74, 6) is -0.276. The first-order valence-electron chi connectivity index (χ1n) is 9.78. The van der Waals surface area contributed by atoms with Crippen LogP contribution in [0.5, 0.6) is 0 Å². The highest BCUT2D eigenvalue weighted by atomic mass is 32.2. The quantitative estimate of drug-likeness (QED) is 0.585. The summed E-state index contributed by atoms with van der Waals surface area (Å²) in [6.07, 6.45) is 2.82. The Hall–Kier alpha value is -2.07. The van der Waals surface area contributed by atoms with Gasteiger partial charge in [0.05, 0.1) is 10.6 Å². The average molecular weight is 462 g/mol. The summed E-state index contributed by atoms with van der Waals surface area (Å²) in [5.41, 5.74) is 2.97. The lowest BCUT2D eigenvalue weighted by Gasteiger charge is -2.26. The molecule has 0 radical (unpaired) electrons. The van der Waals surface area contributed by atoms with Crippen LogP contribution in [0.1, 0.15) is 40.2 Å². The van der Waals surface area contributed by atoms with Crippen molar-refractivity contribution in [1.29, 1.82) is 0 Å². The molecule has 0 bridgehead atoms. The molecule has 1 N–H and O–H groups in total. The second-order valence-corrected chi connectivity index (χ2v) is 11.1. The van der Waals surface area contributed by atoms with Gasteiger partial charge in [-0.1, -0.05) is 12.5 Å². The van der Waals surface area contributed by atoms with E-state index >= 15 is 0 Å². The van der Waals surface area contributed by atoms with Gasteiger partial charge in [-0.2, -0.15) is 15.6 Å². The minimum atomic E-state index is -3.56. The van der Waals surface area contributed by atoms with E-state index in [0.29, 0.717) is 29.3 Å². The van der Waals surface area contributed by atoms with E-state index in [0.717, 1.165) is 35.4 Å². The van der Waals surface area contributed by atoms with Crippen molar-refractivity contribution < 1.29 is 13.2 Å². The molecule has 30 heavy (non-hydrogen) atoms. The molecule has 1 aromatic carbocycles. The summed E-state index contributed by atoms with van der Waals surface area (Å²) in [6.45, 7) is 4.75. The summed E-state index contributed by atoms with van der Waals surface area (Å²) >= 11 is 2.92. The van der Waals surface area contributed by atoms with Crippen LogP contribution in [0.3, 0.4) is 0 Å². The number of thiazole rings is 1. The zero-order valence-electron chi connectivity index (χ0n) is 16.8. The number of carbonyl (C=O) groups excluding carboxylic acids is 1. The van der Waals surface area contributed by atoms with Gasteiger partial charge in [-0.25, -0.2) is 13.4 Å². The lowest BCUT2D eigenvalue weighted by Crippen LogP contribution is -2.35. The number of anilines is 1. The third kappa shape index (κ3) is 4.20. The van der Waals surface area contributed by atoms with Gasteiger partial charge >= 0.3 is 0 Å². The summed E-state index contributed by atoms with van der Waals surface area (Å²) < 4.78 is 27.5. The fourth-order valence-electron chi connectivity index (χ4n) is 3.45. The molecular weight excluding hydrogens is 438 g/mol. The number of amides is 1. The number of carbonyl (C=O) groups is 1. The van der Waals surface area contributed by atoms with Gasteiger partial charge in [0, 0.05) is 29.7 Å². The zero-order chi connectivity index (χ0) is 21.3. The maximum absolute atomic E-state index is 13.0. The third-order valence-electron chi connectivity index (χ3n) is 5.18. The second kappa shape index (κ2) is 8.58. The molecule has 3 aromatic rings. The molecule has 1 aliphatic rings. The molecule has 158 valence electrons. The van der Waals surface area contributed by atoms with Gasteiger partial charge in [-0.3, -0.25) is 4.79 Å². The Kier molecular flexibility index (Phi) is 6.06. The number of rotatable bonds is 5. The Morgan fingerprint density at radius 3 is 2.60 bits per heavy atom. The van der Waals surface area contributed by atoms with Crippen LogP contribution in [0.2, 0.25) is 0 Å². The summed E-state index contributed by atoms with van der Waals surface area (Å²) in [7, 11) is -3.56. The summed E-state index contributed by atoms with van der Waals surface area (Å²) in [6, 6.07) is 6.89. The average Bonchev–Trinajstić information content (AvgIpc) is 3.40. The lowest BCUT2D eigenvalue weighted by atomic mass is 10.2. The molecule has 1 fully saturated rings. The van der Waals surface area contributed by atoms with Crippen molar-refractivity contribution in [2.24, 2.45) is 0 Å². The first-order valence-corrected chi connectivity index (χ1v) is 13.0. The van der Waals surface area contributed by atoms with Crippen molar-refractivity contribution in [3.63, 3.8) is 0 Å². The topological polar surface area (TPSA) is 79.4 Å². The highest BCUT2D eigenvalue weighted by Crippen LogP contribution is 2.31. The highest BCUT2D eigenvalue weighted by Gasteiger charge is 2.27. The predicted molar refractivity (Wildman–Crippen MR) is 122 cm³/mol. The van der Waals surface area contributed by atoms with E-state index in [-0.39, 0.29) is 10.8 Å². The molecule has 3 heterocycles. The molecule has 1 amide bonds. The van der Waals surface area contributed by atoms with Gasteiger partial charge < -0.3 is 5.32 Å². The number of benzene rings is 1. The Morgan fingerprint density at radius 2 is 1.90 bits per heavy atom. The number of thiophene rings is 1. The molecular formula is C21H23N3O3S3. The van der Waals surface area contributed by atoms with Gasteiger partial charge in [-0.15, -0.1) is 11.3 Å². The smallest absolute Gasteiger partial charge is 0.267 e. The second-order valence-electron chi connectivity index (χ2n) is 7.34. The van der Waals surface area contributed by atoms with Gasteiger partial charge in [0.1, 0.15) is 9.88 Å². The number of piperidine rings is 1.